The zero-order chi connectivity index (χ0) is 31.0. The van der Waals surface area contributed by atoms with E-state index in [1.54, 1.807) is 30.3 Å². The molecule has 2 atom stereocenters. The molecule has 0 unspecified atom stereocenters. The minimum absolute atomic E-state index is 0.0237. The Balaban J connectivity index is 2.08. The zero-order valence-electron chi connectivity index (χ0n) is 24.7. The summed E-state index contributed by atoms with van der Waals surface area (Å²) in [5, 5.41) is 3.78. The average Bonchev–Trinajstić information content (AvgIpc) is 2.94. The van der Waals surface area contributed by atoms with Gasteiger partial charge in [0.1, 0.15) is 12.6 Å². The summed E-state index contributed by atoms with van der Waals surface area (Å²) in [5.41, 5.74) is 2.84. The topological polar surface area (TPSA) is 86.8 Å². The van der Waals surface area contributed by atoms with Crippen molar-refractivity contribution in [2.75, 3.05) is 17.1 Å². The number of benzene rings is 3. The van der Waals surface area contributed by atoms with Crippen LogP contribution in [0.3, 0.4) is 0 Å². The summed E-state index contributed by atoms with van der Waals surface area (Å²) in [4.78, 5) is 29.4. The average molecular weight is 633 g/mol. The van der Waals surface area contributed by atoms with Gasteiger partial charge in [0, 0.05) is 29.1 Å². The first-order chi connectivity index (χ1) is 19.8. The number of halogens is 2. The number of amides is 2. The first-order valence-corrected chi connectivity index (χ1v) is 16.6. The van der Waals surface area contributed by atoms with Gasteiger partial charge in [0.25, 0.3) is 0 Å². The van der Waals surface area contributed by atoms with Crippen LogP contribution in [-0.4, -0.2) is 50.0 Å². The van der Waals surface area contributed by atoms with E-state index in [2.05, 4.69) is 5.32 Å². The van der Waals surface area contributed by atoms with Crippen molar-refractivity contribution >= 4 is 50.7 Å². The predicted molar refractivity (Wildman–Crippen MR) is 172 cm³/mol. The van der Waals surface area contributed by atoms with Gasteiger partial charge in [-0.05, 0) is 60.2 Å². The van der Waals surface area contributed by atoms with Crippen molar-refractivity contribution < 1.29 is 18.0 Å². The summed E-state index contributed by atoms with van der Waals surface area (Å²) in [6.45, 7) is 7.43. The van der Waals surface area contributed by atoms with Gasteiger partial charge < -0.3 is 10.2 Å². The summed E-state index contributed by atoms with van der Waals surface area (Å²) in [5.74, 6) is -0.617. The highest BCUT2D eigenvalue weighted by molar-refractivity contribution is 7.92. The molecule has 0 fully saturated rings. The Hall–Kier alpha value is -3.07. The molecule has 0 aliphatic carbocycles. The van der Waals surface area contributed by atoms with Crippen LogP contribution in [-0.2, 0) is 32.6 Å². The molecule has 3 aromatic carbocycles. The highest BCUT2D eigenvalue weighted by atomic mass is 35.5. The molecule has 42 heavy (non-hydrogen) atoms. The second-order valence-corrected chi connectivity index (χ2v) is 13.5. The Kier molecular flexibility index (Phi) is 11.9. The molecular formula is C32H39Cl2N3O4S. The molecule has 1 N–H and O–H groups in total. The molecule has 10 heteroatoms. The number of carbonyl (C=O) groups excluding carboxylic acids is 2. The summed E-state index contributed by atoms with van der Waals surface area (Å²) < 4.78 is 27.0. The number of nitrogens with zero attached hydrogens (tertiary/aromatic N) is 2. The third-order valence-electron chi connectivity index (χ3n) is 7.15. The minimum atomic E-state index is -3.85. The van der Waals surface area contributed by atoms with Crippen molar-refractivity contribution in [2.24, 2.45) is 0 Å². The molecule has 0 radical (unpaired) electrons. The van der Waals surface area contributed by atoms with Crippen LogP contribution in [0.1, 0.15) is 56.7 Å². The fourth-order valence-corrected chi connectivity index (χ4v) is 5.79. The van der Waals surface area contributed by atoms with Gasteiger partial charge in [-0.25, -0.2) is 8.42 Å². The molecule has 2 amide bonds. The standard InChI is InChI=1S/C32H39Cl2N3O4S/c1-6-23(4)35-32(39)30(18-24-10-8-7-9-11-24)36(20-26-12-15-27(33)19-29(26)34)31(38)21-37(42(5,40)41)28-16-13-25(14-17-28)22(2)3/h7-17,19,22-23,30H,6,18,20-21H2,1-5H3,(H,35,39)/t23-,30+/m1/s1. The third kappa shape index (κ3) is 9.21. The summed E-state index contributed by atoms with van der Waals surface area (Å²) in [6, 6.07) is 20.4. The number of hydrogen-bond acceptors (Lipinski definition) is 4. The largest absolute Gasteiger partial charge is 0.352 e. The quantitative estimate of drug-likeness (QED) is 0.235. The van der Waals surface area contributed by atoms with Crippen LogP contribution in [0.25, 0.3) is 0 Å². The molecule has 0 aliphatic rings. The van der Waals surface area contributed by atoms with Crippen LogP contribution >= 0.6 is 23.2 Å². The molecule has 0 heterocycles. The SMILES string of the molecule is CC[C@@H](C)NC(=O)[C@H](Cc1ccccc1)N(Cc1ccc(Cl)cc1Cl)C(=O)CN(c1ccc(C(C)C)cc1)S(C)(=O)=O. The Bertz CT molecular complexity index is 1460. The highest BCUT2D eigenvalue weighted by Gasteiger charge is 2.33. The predicted octanol–water partition coefficient (Wildman–Crippen LogP) is 6.44. The third-order valence-corrected chi connectivity index (χ3v) is 8.88. The number of hydrogen-bond donors (Lipinski definition) is 1. The Morgan fingerprint density at radius 1 is 0.929 bits per heavy atom. The lowest BCUT2D eigenvalue weighted by molar-refractivity contribution is -0.140. The summed E-state index contributed by atoms with van der Waals surface area (Å²) in [7, 11) is -3.85. The van der Waals surface area contributed by atoms with Crippen LogP contribution in [0.4, 0.5) is 5.69 Å². The Morgan fingerprint density at radius 3 is 2.12 bits per heavy atom. The van der Waals surface area contributed by atoms with Crippen molar-refractivity contribution in [3.63, 3.8) is 0 Å². The molecule has 7 nitrogen and oxygen atoms in total. The smallest absolute Gasteiger partial charge is 0.244 e. The van der Waals surface area contributed by atoms with Crippen LogP contribution in [0.15, 0.2) is 72.8 Å². The highest BCUT2D eigenvalue weighted by Crippen LogP contribution is 2.26. The molecule has 0 aliphatic heterocycles. The normalized spacial score (nSPS) is 13.0. The Morgan fingerprint density at radius 2 is 1.57 bits per heavy atom. The number of nitrogens with one attached hydrogen (secondary N) is 1. The number of carbonyl (C=O) groups is 2. The molecule has 0 saturated carbocycles. The van der Waals surface area contributed by atoms with Gasteiger partial charge in [-0.15, -0.1) is 0 Å². The van der Waals surface area contributed by atoms with E-state index in [1.165, 1.54) is 4.90 Å². The van der Waals surface area contributed by atoms with Gasteiger partial charge in [-0.1, -0.05) is 92.5 Å². The molecule has 0 bridgehead atoms. The van der Waals surface area contributed by atoms with Gasteiger partial charge in [-0.3, -0.25) is 13.9 Å². The van der Waals surface area contributed by atoms with Crippen molar-refractivity contribution in [3.8, 4) is 0 Å². The second kappa shape index (κ2) is 14.9. The van der Waals surface area contributed by atoms with E-state index < -0.39 is 28.5 Å². The van der Waals surface area contributed by atoms with Crippen molar-refractivity contribution in [1.29, 1.82) is 0 Å². The maximum absolute atomic E-state index is 14.2. The van der Waals surface area contributed by atoms with Gasteiger partial charge >= 0.3 is 0 Å². The van der Waals surface area contributed by atoms with Crippen molar-refractivity contribution in [1.82, 2.24) is 10.2 Å². The van der Waals surface area contributed by atoms with Gasteiger partial charge in [0.05, 0.1) is 11.9 Å². The Labute approximate surface area is 259 Å². The minimum Gasteiger partial charge on any atom is -0.352 e. The van der Waals surface area contributed by atoms with E-state index in [-0.39, 0.29) is 30.8 Å². The molecule has 226 valence electrons. The monoisotopic (exact) mass is 631 g/mol. The van der Waals surface area contributed by atoms with Crippen molar-refractivity contribution in [3.05, 3.63) is 99.5 Å². The molecule has 3 rings (SSSR count). The van der Waals surface area contributed by atoms with E-state index in [1.807, 2.05) is 70.2 Å². The maximum Gasteiger partial charge on any atom is 0.244 e. The van der Waals surface area contributed by atoms with Gasteiger partial charge in [-0.2, -0.15) is 0 Å². The molecule has 0 saturated heterocycles. The van der Waals surface area contributed by atoms with E-state index in [0.29, 0.717) is 27.7 Å². The summed E-state index contributed by atoms with van der Waals surface area (Å²) in [6.07, 6.45) is 1.99. The van der Waals surface area contributed by atoms with Gasteiger partial charge in [0.15, 0.2) is 0 Å². The molecule has 0 aromatic heterocycles. The van der Waals surface area contributed by atoms with Crippen LogP contribution in [0.5, 0.6) is 0 Å². The van der Waals surface area contributed by atoms with E-state index >= 15 is 0 Å². The zero-order valence-corrected chi connectivity index (χ0v) is 27.0. The van der Waals surface area contributed by atoms with Crippen molar-refractivity contribution in [2.45, 2.75) is 65.1 Å². The number of rotatable bonds is 13. The first kappa shape index (κ1) is 33.4. The van der Waals surface area contributed by atoms with E-state index in [4.69, 9.17) is 23.2 Å². The van der Waals surface area contributed by atoms with Crippen LogP contribution in [0.2, 0.25) is 10.0 Å². The second-order valence-electron chi connectivity index (χ2n) is 10.8. The number of anilines is 1. The lowest BCUT2D eigenvalue weighted by Gasteiger charge is -2.34. The fraction of sp³-hybridized carbons (Fsp3) is 0.375. The lowest BCUT2D eigenvalue weighted by atomic mass is 10.0. The molecular weight excluding hydrogens is 593 g/mol. The lowest BCUT2D eigenvalue weighted by Crippen LogP contribution is -2.54. The molecule has 0 spiro atoms. The van der Waals surface area contributed by atoms with E-state index in [0.717, 1.165) is 21.7 Å². The van der Waals surface area contributed by atoms with Crippen LogP contribution in [0, 0.1) is 0 Å². The first-order valence-electron chi connectivity index (χ1n) is 14.0. The van der Waals surface area contributed by atoms with Crippen LogP contribution < -0.4 is 9.62 Å². The fourth-order valence-electron chi connectivity index (χ4n) is 4.47. The number of sulfonamides is 1. The van der Waals surface area contributed by atoms with E-state index in [9.17, 15) is 18.0 Å². The molecule has 3 aromatic rings. The van der Waals surface area contributed by atoms with Gasteiger partial charge in [0.2, 0.25) is 21.8 Å². The summed E-state index contributed by atoms with van der Waals surface area (Å²) >= 11 is 12.6. The maximum atomic E-state index is 14.2.